The minimum atomic E-state index is -1.24. The van der Waals surface area contributed by atoms with Crippen molar-refractivity contribution in [2.24, 2.45) is 0 Å². The molecule has 36 heavy (non-hydrogen) atoms. The van der Waals surface area contributed by atoms with Crippen molar-refractivity contribution in [2.75, 3.05) is 10.6 Å². The van der Waals surface area contributed by atoms with Crippen molar-refractivity contribution in [1.29, 1.82) is 0 Å². The average Bonchev–Trinajstić information content (AvgIpc) is 3.24. The second kappa shape index (κ2) is 9.56. The van der Waals surface area contributed by atoms with E-state index >= 15 is 0 Å². The first-order valence-electron chi connectivity index (χ1n) is 13.2. The number of ether oxygens (including phenoxy) is 1. The Labute approximate surface area is 208 Å². The van der Waals surface area contributed by atoms with Crippen LogP contribution in [0.1, 0.15) is 95.2 Å². The summed E-state index contributed by atoms with van der Waals surface area (Å²) in [6.07, 6.45) is 5.71. The summed E-state index contributed by atoms with van der Waals surface area (Å²) < 4.78 is 13.5. The normalized spacial score (nSPS) is 26.9. The number of nitrogens with one attached hydrogen (secondary N) is 2. The standard InChI is InChI=1S/C24H34N8O4/c1-3-13(4-2)26-19-15-20(29-24(28-19)27-14-7-5-6-8-14)32(11-25-15)23-17(34)16(33)18(35-23)22-31-30-21(36-22)12-9-10-12/h11-14,16-18,23,33-34H,3-10H2,1-2H3,(H2,26,27,28,29)/t16-,17+,18-,23+/m0/s1. The van der Waals surface area contributed by atoms with E-state index in [1.165, 1.54) is 12.8 Å². The van der Waals surface area contributed by atoms with Crippen LogP contribution >= 0.6 is 0 Å². The fraction of sp³-hybridized carbons (Fsp3) is 0.708. The first kappa shape index (κ1) is 23.6. The highest BCUT2D eigenvalue weighted by Crippen LogP contribution is 2.43. The van der Waals surface area contributed by atoms with E-state index in [4.69, 9.17) is 19.1 Å². The molecular formula is C24H34N8O4. The van der Waals surface area contributed by atoms with Crippen LogP contribution in [0.15, 0.2) is 10.7 Å². The minimum absolute atomic E-state index is 0.171. The van der Waals surface area contributed by atoms with Gasteiger partial charge in [-0.1, -0.05) is 26.7 Å². The Bertz CT molecular complexity index is 1200. The zero-order chi connectivity index (χ0) is 24.8. The molecule has 0 radical (unpaired) electrons. The number of aromatic nitrogens is 6. The third-order valence-corrected chi connectivity index (χ3v) is 7.57. The van der Waals surface area contributed by atoms with Gasteiger partial charge in [-0.3, -0.25) is 4.57 Å². The number of aliphatic hydroxyl groups excluding tert-OH is 2. The van der Waals surface area contributed by atoms with Gasteiger partial charge in [0.2, 0.25) is 17.7 Å². The summed E-state index contributed by atoms with van der Waals surface area (Å²) in [5.74, 6) is 2.17. The molecule has 12 heteroatoms. The largest absolute Gasteiger partial charge is 0.422 e. The number of aliphatic hydroxyl groups is 2. The lowest BCUT2D eigenvalue weighted by atomic mass is 10.1. The number of anilines is 2. The van der Waals surface area contributed by atoms with Crippen LogP contribution in [0, 0.1) is 0 Å². The van der Waals surface area contributed by atoms with E-state index in [0.29, 0.717) is 34.9 Å². The Kier molecular flexibility index (Phi) is 6.26. The van der Waals surface area contributed by atoms with Crippen LogP contribution in [0.25, 0.3) is 11.2 Å². The summed E-state index contributed by atoms with van der Waals surface area (Å²) in [6.45, 7) is 4.26. The van der Waals surface area contributed by atoms with Gasteiger partial charge < -0.3 is 30.0 Å². The molecule has 2 saturated carbocycles. The monoisotopic (exact) mass is 498 g/mol. The highest BCUT2D eigenvalue weighted by Gasteiger charge is 2.48. The first-order valence-corrected chi connectivity index (χ1v) is 13.2. The Hall–Kier alpha value is -2.83. The van der Waals surface area contributed by atoms with E-state index in [1.807, 2.05) is 0 Å². The smallest absolute Gasteiger partial charge is 0.248 e. The predicted molar refractivity (Wildman–Crippen MR) is 130 cm³/mol. The van der Waals surface area contributed by atoms with Crippen molar-refractivity contribution in [3.05, 3.63) is 18.1 Å². The molecule has 1 saturated heterocycles. The van der Waals surface area contributed by atoms with Crippen LogP contribution < -0.4 is 10.6 Å². The van der Waals surface area contributed by atoms with E-state index in [-0.39, 0.29) is 17.9 Å². The summed E-state index contributed by atoms with van der Waals surface area (Å²) >= 11 is 0. The predicted octanol–water partition coefficient (Wildman–Crippen LogP) is 3.03. The molecule has 0 spiro atoms. The maximum atomic E-state index is 11.0. The van der Waals surface area contributed by atoms with Crippen molar-refractivity contribution in [2.45, 2.75) is 108 Å². The number of hydrogen-bond donors (Lipinski definition) is 4. The Balaban J connectivity index is 1.33. The lowest BCUT2D eigenvalue weighted by molar-refractivity contribution is -0.0439. The van der Waals surface area contributed by atoms with Crippen LogP contribution in [-0.2, 0) is 4.74 Å². The van der Waals surface area contributed by atoms with Gasteiger partial charge in [-0.15, -0.1) is 10.2 Å². The zero-order valence-corrected chi connectivity index (χ0v) is 20.7. The molecule has 0 unspecified atom stereocenters. The molecule has 4 heterocycles. The van der Waals surface area contributed by atoms with Gasteiger partial charge in [0.05, 0.1) is 6.33 Å². The number of imidazole rings is 1. The third kappa shape index (κ3) is 4.31. The molecule has 0 bridgehead atoms. The molecule has 12 nitrogen and oxygen atoms in total. The first-order chi connectivity index (χ1) is 17.6. The fourth-order valence-electron chi connectivity index (χ4n) is 5.16. The molecule has 4 atom stereocenters. The van der Waals surface area contributed by atoms with Crippen molar-refractivity contribution in [3.63, 3.8) is 0 Å². The third-order valence-electron chi connectivity index (χ3n) is 7.57. The van der Waals surface area contributed by atoms with Gasteiger partial charge in [0.15, 0.2) is 29.3 Å². The molecule has 2 aliphatic carbocycles. The van der Waals surface area contributed by atoms with Crippen molar-refractivity contribution < 1.29 is 19.4 Å². The molecule has 6 rings (SSSR count). The molecule has 4 N–H and O–H groups in total. The summed E-state index contributed by atoms with van der Waals surface area (Å²) in [5, 5.41) is 36.9. The van der Waals surface area contributed by atoms with Crippen molar-refractivity contribution in [1.82, 2.24) is 29.7 Å². The van der Waals surface area contributed by atoms with Gasteiger partial charge in [-0.05, 0) is 38.5 Å². The molecule has 3 aliphatic rings. The van der Waals surface area contributed by atoms with Gasteiger partial charge in [0.1, 0.15) is 12.2 Å². The Morgan fingerprint density at radius 1 is 1.03 bits per heavy atom. The van der Waals surface area contributed by atoms with Gasteiger partial charge in [0.25, 0.3) is 0 Å². The lowest BCUT2D eigenvalue weighted by Gasteiger charge is -2.19. The average molecular weight is 499 g/mol. The van der Waals surface area contributed by atoms with E-state index in [9.17, 15) is 10.2 Å². The molecule has 194 valence electrons. The molecular weight excluding hydrogens is 464 g/mol. The minimum Gasteiger partial charge on any atom is -0.422 e. The summed E-state index contributed by atoms with van der Waals surface area (Å²) in [7, 11) is 0. The number of nitrogens with zero attached hydrogens (tertiary/aromatic N) is 6. The van der Waals surface area contributed by atoms with E-state index in [0.717, 1.165) is 38.5 Å². The van der Waals surface area contributed by atoms with Crippen LogP contribution in [0.2, 0.25) is 0 Å². The number of fused-ring (bicyclic) bond motifs is 1. The van der Waals surface area contributed by atoms with Crippen LogP contribution in [0.3, 0.4) is 0 Å². The second-order valence-corrected chi connectivity index (χ2v) is 10.2. The quantitative estimate of drug-likeness (QED) is 0.344. The van der Waals surface area contributed by atoms with Gasteiger partial charge >= 0.3 is 0 Å². The van der Waals surface area contributed by atoms with Crippen LogP contribution in [-0.4, -0.2) is 64.2 Å². The van der Waals surface area contributed by atoms with E-state index < -0.39 is 24.5 Å². The Morgan fingerprint density at radius 3 is 2.50 bits per heavy atom. The topological polar surface area (TPSA) is 156 Å². The molecule has 0 aromatic carbocycles. The number of rotatable bonds is 9. The highest BCUT2D eigenvalue weighted by atomic mass is 16.6. The zero-order valence-electron chi connectivity index (χ0n) is 20.7. The second-order valence-electron chi connectivity index (χ2n) is 10.2. The molecule has 3 aromatic rings. The van der Waals surface area contributed by atoms with Gasteiger partial charge in [-0.2, -0.15) is 9.97 Å². The highest BCUT2D eigenvalue weighted by molar-refractivity contribution is 5.84. The van der Waals surface area contributed by atoms with Crippen LogP contribution in [0.4, 0.5) is 11.8 Å². The van der Waals surface area contributed by atoms with Crippen molar-refractivity contribution in [3.8, 4) is 0 Å². The molecule has 0 amide bonds. The Morgan fingerprint density at radius 2 is 1.78 bits per heavy atom. The number of hydrogen-bond acceptors (Lipinski definition) is 11. The summed E-state index contributed by atoms with van der Waals surface area (Å²) in [6, 6.07) is 0.572. The van der Waals surface area contributed by atoms with Crippen molar-refractivity contribution >= 4 is 22.9 Å². The summed E-state index contributed by atoms with van der Waals surface area (Å²) in [4.78, 5) is 14.1. The maximum absolute atomic E-state index is 11.0. The molecule has 3 fully saturated rings. The van der Waals surface area contributed by atoms with Gasteiger partial charge in [-0.25, -0.2) is 4.98 Å². The SMILES string of the molecule is CCC(CC)Nc1nc(NC2CCCC2)nc2c1ncn2[C@@H]1O[C@H](c2nnc(C3CC3)o2)[C@@H](O)[C@H]1O. The van der Waals surface area contributed by atoms with Gasteiger partial charge in [0, 0.05) is 18.0 Å². The summed E-state index contributed by atoms with van der Waals surface area (Å²) in [5.41, 5.74) is 1.10. The maximum Gasteiger partial charge on any atom is 0.248 e. The van der Waals surface area contributed by atoms with Crippen LogP contribution in [0.5, 0.6) is 0 Å². The van der Waals surface area contributed by atoms with E-state index in [2.05, 4.69) is 39.7 Å². The molecule has 3 aromatic heterocycles. The fourth-order valence-corrected chi connectivity index (χ4v) is 5.16. The van der Waals surface area contributed by atoms with E-state index in [1.54, 1.807) is 10.9 Å². The lowest BCUT2D eigenvalue weighted by Crippen LogP contribution is -2.29. The molecule has 1 aliphatic heterocycles.